The average molecular weight is 325 g/mol. The smallest absolute Gasteiger partial charge is 0.257 e. The Hall–Kier alpha value is -2.86. The minimum absolute atomic E-state index is 0.135. The van der Waals surface area contributed by atoms with Crippen LogP contribution in [0.1, 0.15) is 27.8 Å². The summed E-state index contributed by atoms with van der Waals surface area (Å²) in [6, 6.07) is 13.1. The van der Waals surface area contributed by atoms with Crippen LogP contribution in [0.4, 0.5) is 0 Å². The number of carbonyl (C=O) groups is 1. The third kappa shape index (κ3) is 3.72. The van der Waals surface area contributed by atoms with E-state index in [0.29, 0.717) is 17.9 Å². The van der Waals surface area contributed by atoms with Crippen LogP contribution in [0.25, 0.3) is 0 Å². The predicted octanol–water partition coefficient (Wildman–Crippen LogP) is 2.39. The molecule has 0 fully saturated rings. The van der Waals surface area contributed by atoms with Gasteiger partial charge in [-0.05, 0) is 17.7 Å². The summed E-state index contributed by atoms with van der Waals surface area (Å²) in [4.78, 5) is 14.4. The van der Waals surface area contributed by atoms with Gasteiger partial charge in [0.1, 0.15) is 11.9 Å². The fraction of sp³-hybridized carbons (Fsp3) is 0.222. The molecule has 1 N–H and O–H groups in total. The number of hydrogen-bond acceptors (Lipinski definition) is 4. The maximum absolute atomic E-state index is 12.8. The highest BCUT2D eigenvalue weighted by Gasteiger charge is 2.22. The quantitative estimate of drug-likeness (QED) is 0.755. The van der Waals surface area contributed by atoms with E-state index in [0.717, 1.165) is 5.56 Å². The van der Waals surface area contributed by atoms with Crippen molar-refractivity contribution in [2.24, 2.45) is 7.05 Å². The molecule has 0 aliphatic rings. The molecule has 124 valence electrons. The summed E-state index contributed by atoms with van der Waals surface area (Å²) < 4.78 is 6.81. The van der Waals surface area contributed by atoms with Gasteiger partial charge in [-0.2, -0.15) is 5.10 Å². The van der Waals surface area contributed by atoms with Crippen molar-refractivity contribution in [2.45, 2.75) is 12.6 Å². The summed E-state index contributed by atoms with van der Waals surface area (Å²) in [6.07, 6.45) is 3.81. The zero-order valence-corrected chi connectivity index (χ0v) is 13.4. The number of aromatic nitrogens is 2. The van der Waals surface area contributed by atoms with E-state index in [1.807, 2.05) is 30.3 Å². The van der Waals surface area contributed by atoms with Gasteiger partial charge in [0, 0.05) is 19.8 Å². The molecule has 1 aromatic carbocycles. The number of aliphatic hydroxyl groups excluding tert-OH is 1. The monoisotopic (exact) mass is 325 g/mol. The molecule has 0 saturated carbocycles. The molecule has 2 aromatic heterocycles. The zero-order chi connectivity index (χ0) is 16.9. The summed E-state index contributed by atoms with van der Waals surface area (Å²) >= 11 is 0. The van der Waals surface area contributed by atoms with E-state index < -0.39 is 6.10 Å². The van der Waals surface area contributed by atoms with Crippen molar-refractivity contribution >= 4 is 5.91 Å². The lowest BCUT2D eigenvalue weighted by Crippen LogP contribution is -2.34. The highest BCUT2D eigenvalue weighted by molar-refractivity contribution is 5.93. The van der Waals surface area contributed by atoms with Crippen LogP contribution in [-0.2, 0) is 13.6 Å². The predicted molar refractivity (Wildman–Crippen MR) is 88.1 cm³/mol. The van der Waals surface area contributed by atoms with Crippen molar-refractivity contribution in [1.29, 1.82) is 0 Å². The van der Waals surface area contributed by atoms with Crippen molar-refractivity contribution in [1.82, 2.24) is 14.7 Å². The van der Waals surface area contributed by atoms with E-state index >= 15 is 0 Å². The van der Waals surface area contributed by atoms with Crippen molar-refractivity contribution in [2.75, 3.05) is 6.54 Å². The number of furan rings is 1. The number of aliphatic hydroxyl groups is 1. The van der Waals surface area contributed by atoms with E-state index in [4.69, 9.17) is 4.42 Å². The Morgan fingerprint density at radius 3 is 2.71 bits per heavy atom. The highest BCUT2D eigenvalue weighted by Crippen LogP contribution is 2.18. The van der Waals surface area contributed by atoms with Crippen molar-refractivity contribution < 1.29 is 14.3 Å². The first kappa shape index (κ1) is 16.0. The molecule has 1 atom stereocenters. The first-order valence-corrected chi connectivity index (χ1v) is 7.67. The SMILES string of the molecule is Cn1cc(C(=O)N(Cc2ccccc2)C[C@H](O)c2ccco2)cn1. The summed E-state index contributed by atoms with van der Waals surface area (Å²) in [7, 11) is 1.76. The van der Waals surface area contributed by atoms with Gasteiger partial charge in [-0.25, -0.2) is 0 Å². The Morgan fingerprint density at radius 1 is 1.29 bits per heavy atom. The molecular formula is C18H19N3O3. The maximum Gasteiger partial charge on any atom is 0.257 e. The molecule has 0 spiro atoms. The summed E-state index contributed by atoms with van der Waals surface area (Å²) in [5, 5.41) is 14.4. The molecule has 0 saturated heterocycles. The van der Waals surface area contributed by atoms with Gasteiger partial charge in [-0.1, -0.05) is 30.3 Å². The van der Waals surface area contributed by atoms with E-state index in [-0.39, 0.29) is 12.5 Å². The van der Waals surface area contributed by atoms with E-state index in [9.17, 15) is 9.90 Å². The Bertz CT molecular complexity index is 781. The Kier molecular flexibility index (Phi) is 4.77. The highest BCUT2D eigenvalue weighted by atomic mass is 16.4. The molecule has 6 nitrogen and oxygen atoms in total. The molecule has 6 heteroatoms. The molecule has 0 radical (unpaired) electrons. The largest absolute Gasteiger partial charge is 0.467 e. The minimum atomic E-state index is -0.885. The van der Waals surface area contributed by atoms with Gasteiger partial charge in [0.05, 0.1) is 24.6 Å². The molecule has 0 aliphatic heterocycles. The summed E-state index contributed by atoms with van der Waals surface area (Å²) in [6.45, 7) is 0.530. The first-order valence-electron chi connectivity index (χ1n) is 7.67. The van der Waals surface area contributed by atoms with Crippen LogP contribution >= 0.6 is 0 Å². The third-order valence-corrected chi connectivity index (χ3v) is 3.72. The standard InChI is InChI=1S/C18H19N3O3/c1-20-12-15(10-19-20)18(23)21(11-14-6-3-2-4-7-14)13-16(22)17-8-5-9-24-17/h2-10,12,16,22H,11,13H2,1H3/t16-/m0/s1. The van der Waals surface area contributed by atoms with Gasteiger partial charge in [-0.15, -0.1) is 0 Å². The molecule has 0 unspecified atom stereocenters. The lowest BCUT2D eigenvalue weighted by atomic mass is 10.1. The molecule has 2 heterocycles. The average Bonchev–Trinajstić information content (AvgIpc) is 3.26. The van der Waals surface area contributed by atoms with Crippen LogP contribution in [-0.4, -0.2) is 32.2 Å². The van der Waals surface area contributed by atoms with Gasteiger partial charge in [0.15, 0.2) is 0 Å². The normalized spacial score (nSPS) is 12.1. The number of amides is 1. The number of carbonyl (C=O) groups excluding carboxylic acids is 1. The molecule has 24 heavy (non-hydrogen) atoms. The van der Waals surface area contributed by atoms with Gasteiger partial charge in [0.25, 0.3) is 5.91 Å². The van der Waals surface area contributed by atoms with Crippen LogP contribution in [0, 0.1) is 0 Å². The number of nitrogens with zero attached hydrogens (tertiary/aromatic N) is 3. The van der Waals surface area contributed by atoms with Gasteiger partial charge >= 0.3 is 0 Å². The fourth-order valence-electron chi connectivity index (χ4n) is 2.52. The second kappa shape index (κ2) is 7.14. The third-order valence-electron chi connectivity index (χ3n) is 3.72. The van der Waals surface area contributed by atoms with Crippen LogP contribution in [0.3, 0.4) is 0 Å². The minimum Gasteiger partial charge on any atom is -0.467 e. The second-order valence-electron chi connectivity index (χ2n) is 5.61. The van der Waals surface area contributed by atoms with Crippen LogP contribution in [0.15, 0.2) is 65.5 Å². The number of aryl methyl sites for hydroxylation is 1. The van der Waals surface area contributed by atoms with Gasteiger partial charge in [-0.3, -0.25) is 9.48 Å². The molecule has 0 bridgehead atoms. The Labute approximate surface area is 139 Å². The summed E-state index contributed by atoms with van der Waals surface area (Å²) in [5.74, 6) is 0.254. The second-order valence-corrected chi connectivity index (χ2v) is 5.61. The lowest BCUT2D eigenvalue weighted by Gasteiger charge is -2.24. The van der Waals surface area contributed by atoms with Crippen LogP contribution in [0.5, 0.6) is 0 Å². The van der Waals surface area contributed by atoms with Crippen molar-refractivity contribution in [3.8, 4) is 0 Å². The fourth-order valence-corrected chi connectivity index (χ4v) is 2.52. The van der Waals surface area contributed by atoms with Crippen molar-refractivity contribution in [3.05, 3.63) is 78.0 Å². The van der Waals surface area contributed by atoms with E-state index in [1.165, 1.54) is 12.5 Å². The first-order chi connectivity index (χ1) is 11.6. The lowest BCUT2D eigenvalue weighted by molar-refractivity contribution is 0.0563. The maximum atomic E-state index is 12.8. The molecule has 3 rings (SSSR count). The molecule has 3 aromatic rings. The van der Waals surface area contributed by atoms with E-state index in [1.54, 1.807) is 35.0 Å². The molecule has 0 aliphatic carbocycles. The van der Waals surface area contributed by atoms with Gasteiger partial charge < -0.3 is 14.4 Å². The number of hydrogen-bond donors (Lipinski definition) is 1. The topological polar surface area (TPSA) is 71.5 Å². The van der Waals surface area contributed by atoms with Crippen LogP contribution in [0.2, 0.25) is 0 Å². The number of rotatable bonds is 6. The van der Waals surface area contributed by atoms with E-state index in [2.05, 4.69) is 5.10 Å². The zero-order valence-electron chi connectivity index (χ0n) is 13.4. The Morgan fingerprint density at radius 2 is 2.08 bits per heavy atom. The van der Waals surface area contributed by atoms with Crippen molar-refractivity contribution in [3.63, 3.8) is 0 Å². The Balaban J connectivity index is 1.81. The van der Waals surface area contributed by atoms with Crippen LogP contribution < -0.4 is 0 Å². The number of benzene rings is 1. The van der Waals surface area contributed by atoms with Gasteiger partial charge in [0.2, 0.25) is 0 Å². The molecule has 1 amide bonds. The molecular weight excluding hydrogens is 306 g/mol. The summed E-state index contributed by atoms with van der Waals surface area (Å²) in [5.41, 5.74) is 1.47.